The van der Waals surface area contributed by atoms with Gasteiger partial charge in [0.15, 0.2) is 0 Å². The van der Waals surface area contributed by atoms with E-state index in [1.165, 1.54) is 12.1 Å². The van der Waals surface area contributed by atoms with Crippen LogP contribution in [0, 0.1) is 5.82 Å². The van der Waals surface area contributed by atoms with E-state index in [0.29, 0.717) is 23.1 Å². The van der Waals surface area contributed by atoms with E-state index in [0.717, 1.165) is 16.8 Å². The first kappa shape index (κ1) is 20.7. The maximum Gasteiger partial charge on any atom is 0.268 e. The van der Waals surface area contributed by atoms with Gasteiger partial charge in [0.2, 0.25) is 5.91 Å². The zero-order valence-corrected chi connectivity index (χ0v) is 17.2. The number of fused-ring (bicyclic) bond motifs is 1. The number of aromatic amines is 1. The molecule has 2 aromatic carbocycles. The third-order valence-electron chi connectivity index (χ3n) is 4.91. The molecule has 3 aromatic rings. The Balaban J connectivity index is 1.53. The van der Waals surface area contributed by atoms with Crippen LogP contribution in [0.1, 0.15) is 27.3 Å². The fourth-order valence-corrected chi connectivity index (χ4v) is 3.51. The fraction of sp³-hybridized carbons (Fsp3) is 0.130. The van der Waals surface area contributed by atoms with E-state index in [1.807, 2.05) is 6.07 Å². The lowest BCUT2D eigenvalue weighted by atomic mass is 10.0. The zero-order valence-electron chi connectivity index (χ0n) is 16.4. The summed E-state index contributed by atoms with van der Waals surface area (Å²) in [5.74, 6) is -1.16. The van der Waals surface area contributed by atoms with E-state index in [-0.39, 0.29) is 18.1 Å². The van der Waals surface area contributed by atoms with Gasteiger partial charge in [-0.15, -0.1) is 0 Å². The Kier molecular flexibility index (Phi) is 6.04. The average molecular weight is 439 g/mol. The smallest absolute Gasteiger partial charge is 0.268 e. The van der Waals surface area contributed by atoms with E-state index in [4.69, 9.17) is 11.6 Å². The second kappa shape index (κ2) is 9.06. The molecule has 1 aromatic heterocycles. The lowest BCUT2D eigenvalue weighted by molar-refractivity contribution is -0.118. The van der Waals surface area contributed by atoms with E-state index in [9.17, 15) is 14.0 Å². The predicted octanol–water partition coefficient (Wildman–Crippen LogP) is 3.77. The Morgan fingerprint density at radius 3 is 2.58 bits per heavy atom. The van der Waals surface area contributed by atoms with Crippen LogP contribution >= 0.6 is 11.6 Å². The number of benzene rings is 2. The number of rotatable bonds is 6. The average Bonchev–Trinajstić information content (AvgIpc) is 3.19. The molecule has 8 heteroatoms. The van der Waals surface area contributed by atoms with Crippen molar-refractivity contribution in [2.45, 2.75) is 19.0 Å². The maximum atomic E-state index is 13.3. The van der Waals surface area contributed by atoms with Crippen molar-refractivity contribution < 1.29 is 14.0 Å². The summed E-state index contributed by atoms with van der Waals surface area (Å²) in [7, 11) is 0. The summed E-state index contributed by atoms with van der Waals surface area (Å²) in [5, 5.41) is 9.08. The number of anilines is 1. The zero-order chi connectivity index (χ0) is 21.8. The van der Waals surface area contributed by atoms with Gasteiger partial charge in [-0.05, 0) is 42.0 Å². The van der Waals surface area contributed by atoms with Crippen molar-refractivity contribution in [3.63, 3.8) is 0 Å². The number of hydrogen-bond donors (Lipinski definition) is 4. The van der Waals surface area contributed by atoms with Crippen molar-refractivity contribution in [2.24, 2.45) is 0 Å². The number of H-pyrrole nitrogens is 1. The van der Waals surface area contributed by atoms with Crippen LogP contribution in [0.5, 0.6) is 0 Å². The number of aromatic nitrogens is 1. The molecule has 0 unspecified atom stereocenters. The molecule has 0 spiro atoms. The highest BCUT2D eigenvalue weighted by atomic mass is 35.5. The molecule has 1 aliphatic rings. The normalized spacial score (nSPS) is 13.4. The first-order valence-corrected chi connectivity index (χ1v) is 10.1. The van der Waals surface area contributed by atoms with Crippen LogP contribution < -0.4 is 16.0 Å². The Morgan fingerprint density at radius 1 is 1.10 bits per heavy atom. The molecule has 1 atom stereocenters. The number of para-hydroxylation sites is 1. The number of nitrogens with one attached hydrogen (secondary N) is 4. The van der Waals surface area contributed by atoms with Crippen LogP contribution in [0.25, 0.3) is 6.08 Å². The Hall–Kier alpha value is -3.58. The second-order valence-corrected chi connectivity index (χ2v) is 7.58. The number of hydrogen-bond acceptors (Lipinski definition) is 3. The highest BCUT2D eigenvalue weighted by Crippen LogP contribution is 2.20. The van der Waals surface area contributed by atoms with Crippen LogP contribution in [-0.2, 0) is 17.8 Å². The topological polar surface area (TPSA) is 86.0 Å². The van der Waals surface area contributed by atoms with Gasteiger partial charge in [0.25, 0.3) is 5.91 Å². The molecule has 158 valence electrons. The number of carbonyl (C=O) groups is 2. The predicted molar refractivity (Wildman–Crippen MR) is 118 cm³/mol. The van der Waals surface area contributed by atoms with E-state index in [2.05, 4.69) is 20.9 Å². The SMILES string of the molecule is O=C(N[C@@H](Cc1ccc(F)cc1)C(=O)Nc1ccccc1)c1cc2c([nH]1)CNC(Cl)=C2. The third kappa shape index (κ3) is 5.13. The van der Waals surface area contributed by atoms with Crippen LogP contribution in [0.3, 0.4) is 0 Å². The van der Waals surface area contributed by atoms with Gasteiger partial charge in [0, 0.05) is 23.4 Å². The molecule has 4 rings (SSSR count). The quantitative estimate of drug-likeness (QED) is 0.442. The van der Waals surface area contributed by atoms with Crippen molar-refractivity contribution in [1.29, 1.82) is 0 Å². The van der Waals surface area contributed by atoms with Gasteiger partial charge in [-0.3, -0.25) is 9.59 Å². The standard InChI is InChI=1S/C23H20ClFN4O2/c24-21-12-15-11-19(28-20(15)13-26-21)23(31)29-18(10-14-6-8-16(25)9-7-14)22(30)27-17-4-2-1-3-5-17/h1-9,11-12,18,26,28H,10,13H2,(H,27,30)(H,29,31)/t18-/m0/s1. The van der Waals surface area contributed by atoms with Gasteiger partial charge in [-0.25, -0.2) is 4.39 Å². The Morgan fingerprint density at radius 2 is 1.84 bits per heavy atom. The molecule has 2 amide bonds. The van der Waals surface area contributed by atoms with E-state index in [1.54, 1.807) is 48.5 Å². The lowest BCUT2D eigenvalue weighted by Gasteiger charge is -2.18. The van der Waals surface area contributed by atoms with Crippen molar-refractivity contribution >= 4 is 35.2 Å². The molecular formula is C23H20ClFN4O2. The first-order valence-electron chi connectivity index (χ1n) is 9.72. The molecule has 0 saturated carbocycles. The lowest BCUT2D eigenvalue weighted by Crippen LogP contribution is -2.45. The minimum absolute atomic E-state index is 0.207. The summed E-state index contributed by atoms with van der Waals surface area (Å²) in [5.41, 5.74) is 3.31. The molecule has 1 aliphatic heterocycles. The molecule has 0 aliphatic carbocycles. The summed E-state index contributed by atoms with van der Waals surface area (Å²) < 4.78 is 13.3. The monoisotopic (exact) mass is 438 g/mol. The van der Waals surface area contributed by atoms with E-state index >= 15 is 0 Å². The molecule has 31 heavy (non-hydrogen) atoms. The van der Waals surface area contributed by atoms with Crippen molar-refractivity contribution in [2.75, 3.05) is 5.32 Å². The second-order valence-electron chi connectivity index (χ2n) is 7.17. The van der Waals surface area contributed by atoms with Gasteiger partial charge in [-0.2, -0.15) is 0 Å². The summed E-state index contributed by atoms with van der Waals surface area (Å²) in [6, 6.07) is 15.6. The van der Waals surface area contributed by atoms with Gasteiger partial charge in [0.05, 0.1) is 6.54 Å². The summed E-state index contributed by atoms with van der Waals surface area (Å²) in [6.45, 7) is 0.478. The molecule has 6 nitrogen and oxygen atoms in total. The first-order chi connectivity index (χ1) is 15.0. The molecular weight excluding hydrogens is 419 g/mol. The van der Waals surface area contributed by atoms with Gasteiger partial charge < -0.3 is 20.9 Å². The molecule has 2 heterocycles. The molecule has 0 saturated heterocycles. The third-order valence-corrected chi connectivity index (χ3v) is 5.15. The summed E-state index contributed by atoms with van der Waals surface area (Å²) in [4.78, 5) is 28.9. The van der Waals surface area contributed by atoms with Crippen LogP contribution in [-0.4, -0.2) is 22.8 Å². The minimum atomic E-state index is -0.865. The van der Waals surface area contributed by atoms with E-state index < -0.39 is 11.9 Å². The number of carbonyl (C=O) groups excluding carboxylic acids is 2. The Bertz CT molecular complexity index is 1130. The molecule has 0 radical (unpaired) electrons. The molecule has 4 N–H and O–H groups in total. The minimum Gasteiger partial charge on any atom is -0.370 e. The molecule has 0 bridgehead atoms. The van der Waals surface area contributed by atoms with Crippen LogP contribution in [0.2, 0.25) is 0 Å². The van der Waals surface area contributed by atoms with Gasteiger partial charge in [0.1, 0.15) is 22.7 Å². The highest BCUT2D eigenvalue weighted by Gasteiger charge is 2.24. The largest absolute Gasteiger partial charge is 0.370 e. The van der Waals surface area contributed by atoms with Crippen LogP contribution in [0.15, 0.2) is 65.8 Å². The number of amides is 2. The van der Waals surface area contributed by atoms with Crippen molar-refractivity contribution in [1.82, 2.24) is 15.6 Å². The maximum absolute atomic E-state index is 13.3. The van der Waals surface area contributed by atoms with Crippen molar-refractivity contribution in [3.8, 4) is 0 Å². The number of halogens is 2. The highest BCUT2D eigenvalue weighted by molar-refractivity contribution is 6.31. The van der Waals surface area contributed by atoms with Gasteiger partial charge >= 0.3 is 0 Å². The van der Waals surface area contributed by atoms with Gasteiger partial charge in [-0.1, -0.05) is 41.9 Å². The fourth-order valence-electron chi connectivity index (χ4n) is 3.32. The van der Waals surface area contributed by atoms with Crippen molar-refractivity contribution in [3.05, 3.63) is 94.2 Å². The molecule has 0 fully saturated rings. The summed E-state index contributed by atoms with van der Waals surface area (Å²) in [6.07, 6.45) is 1.93. The van der Waals surface area contributed by atoms with Crippen LogP contribution in [0.4, 0.5) is 10.1 Å². The Labute approximate surface area is 183 Å². The summed E-state index contributed by atoms with van der Waals surface area (Å²) >= 11 is 5.99.